The smallest absolute Gasteiger partial charge is 0.123 e. The van der Waals surface area contributed by atoms with E-state index in [0.29, 0.717) is 13.2 Å². The van der Waals surface area contributed by atoms with E-state index in [4.69, 9.17) is 4.74 Å². The Morgan fingerprint density at radius 3 is 2.86 bits per heavy atom. The Morgan fingerprint density at radius 2 is 2.29 bits per heavy atom. The Morgan fingerprint density at radius 1 is 1.50 bits per heavy atom. The molecular formula is C11H16FNO. The van der Waals surface area contributed by atoms with Gasteiger partial charge in [0.2, 0.25) is 0 Å². The molecule has 0 amide bonds. The number of nitrogens with one attached hydrogen (secondary N) is 1. The second-order valence-electron chi connectivity index (χ2n) is 3.06. The van der Waals surface area contributed by atoms with Crippen molar-refractivity contribution in [3.63, 3.8) is 0 Å². The first-order valence-electron chi connectivity index (χ1n) is 4.78. The molecule has 0 saturated carbocycles. The van der Waals surface area contributed by atoms with E-state index in [0.717, 1.165) is 5.56 Å². The first kappa shape index (κ1) is 11.1. The van der Waals surface area contributed by atoms with Crippen molar-refractivity contribution in [1.82, 2.24) is 5.32 Å². The Kier molecular flexibility index (Phi) is 4.56. The summed E-state index contributed by atoms with van der Waals surface area (Å²) in [7, 11) is 1.84. The molecule has 0 heterocycles. The van der Waals surface area contributed by atoms with Gasteiger partial charge >= 0.3 is 0 Å². The lowest BCUT2D eigenvalue weighted by molar-refractivity contribution is 0.125. The zero-order valence-electron chi connectivity index (χ0n) is 8.59. The predicted octanol–water partition coefficient (Wildman–Crippen LogP) is 2.12. The van der Waals surface area contributed by atoms with Crippen molar-refractivity contribution >= 4 is 0 Å². The van der Waals surface area contributed by atoms with Gasteiger partial charge in [0.1, 0.15) is 5.82 Å². The standard InChI is InChI=1S/C11H16FNO/c1-3-14-8-11(13-2)9-5-4-6-10(12)7-9/h4-7,11,13H,3,8H2,1-2H3. The van der Waals surface area contributed by atoms with E-state index in [2.05, 4.69) is 5.32 Å². The SMILES string of the molecule is CCOCC(NC)c1cccc(F)c1. The highest BCUT2D eigenvalue weighted by Crippen LogP contribution is 2.13. The molecule has 2 nitrogen and oxygen atoms in total. The van der Waals surface area contributed by atoms with Crippen LogP contribution in [0.4, 0.5) is 4.39 Å². The number of hydrogen-bond donors (Lipinski definition) is 1. The monoisotopic (exact) mass is 197 g/mol. The van der Waals surface area contributed by atoms with Crippen LogP contribution in [0.1, 0.15) is 18.5 Å². The third-order valence-corrected chi connectivity index (χ3v) is 2.09. The maximum atomic E-state index is 12.9. The van der Waals surface area contributed by atoms with Crippen molar-refractivity contribution < 1.29 is 9.13 Å². The first-order chi connectivity index (χ1) is 6.77. The van der Waals surface area contributed by atoms with Gasteiger partial charge in [0.25, 0.3) is 0 Å². The number of ether oxygens (including phenoxy) is 1. The number of rotatable bonds is 5. The van der Waals surface area contributed by atoms with Crippen LogP contribution in [0.25, 0.3) is 0 Å². The fraction of sp³-hybridized carbons (Fsp3) is 0.455. The van der Waals surface area contributed by atoms with E-state index in [1.807, 2.05) is 20.0 Å². The van der Waals surface area contributed by atoms with Crippen LogP contribution in [0.15, 0.2) is 24.3 Å². The second kappa shape index (κ2) is 5.73. The van der Waals surface area contributed by atoms with Gasteiger partial charge < -0.3 is 10.1 Å². The van der Waals surface area contributed by atoms with E-state index in [1.165, 1.54) is 12.1 Å². The lowest BCUT2D eigenvalue weighted by atomic mass is 10.1. The van der Waals surface area contributed by atoms with Gasteiger partial charge in [0.05, 0.1) is 12.6 Å². The molecule has 1 aromatic carbocycles. The normalized spacial score (nSPS) is 12.8. The van der Waals surface area contributed by atoms with Crippen LogP contribution in [0.3, 0.4) is 0 Å². The lowest BCUT2D eigenvalue weighted by Crippen LogP contribution is -2.21. The summed E-state index contributed by atoms with van der Waals surface area (Å²) in [5, 5.41) is 3.09. The zero-order valence-corrected chi connectivity index (χ0v) is 8.59. The molecule has 1 atom stereocenters. The maximum Gasteiger partial charge on any atom is 0.123 e. The number of benzene rings is 1. The molecule has 0 bridgehead atoms. The van der Waals surface area contributed by atoms with Gasteiger partial charge in [0.15, 0.2) is 0 Å². The maximum absolute atomic E-state index is 12.9. The summed E-state index contributed by atoms with van der Waals surface area (Å²) in [5.41, 5.74) is 0.918. The van der Waals surface area contributed by atoms with E-state index in [1.54, 1.807) is 6.07 Å². The molecule has 78 valence electrons. The summed E-state index contributed by atoms with van der Waals surface area (Å²) < 4.78 is 18.2. The summed E-state index contributed by atoms with van der Waals surface area (Å²) in [6, 6.07) is 6.63. The molecule has 1 rings (SSSR count). The summed E-state index contributed by atoms with van der Waals surface area (Å²) in [6.07, 6.45) is 0. The van der Waals surface area contributed by atoms with Crippen molar-refractivity contribution in [1.29, 1.82) is 0 Å². The molecule has 0 radical (unpaired) electrons. The van der Waals surface area contributed by atoms with Gasteiger partial charge in [-0.05, 0) is 31.7 Å². The topological polar surface area (TPSA) is 21.3 Å². The molecule has 3 heteroatoms. The molecule has 0 aliphatic rings. The highest BCUT2D eigenvalue weighted by Gasteiger charge is 2.08. The molecule has 1 aromatic rings. The quantitative estimate of drug-likeness (QED) is 0.780. The fourth-order valence-corrected chi connectivity index (χ4v) is 1.31. The van der Waals surface area contributed by atoms with Gasteiger partial charge in [-0.3, -0.25) is 0 Å². The first-order valence-corrected chi connectivity index (χ1v) is 4.78. The lowest BCUT2D eigenvalue weighted by Gasteiger charge is -2.16. The Hall–Kier alpha value is -0.930. The molecule has 0 fully saturated rings. The minimum absolute atomic E-state index is 0.0608. The zero-order chi connectivity index (χ0) is 10.4. The van der Waals surface area contributed by atoms with Crippen LogP contribution >= 0.6 is 0 Å². The van der Waals surface area contributed by atoms with Crippen LogP contribution < -0.4 is 5.32 Å². The predicted molar refractivity (Wildman–Crippen MR) is 54.7 cm³/mol. The number of likely N-dealkylation sites (N-methyl/N-ethyl adjacent to an activating group) is 1. The third kappa shape index (κ3) is 3.09. The largest absolute Gasteiger partial charge is 0.380 e. The molecule has 0 aliphatic carbocycles. The van der Waals surface area contributed by atoms with Crippen LogP contribution in [0.2, 0.25) is 0 Å². The van der Waals surface area contributed by atoms with E-state index < -0.39 is 0 Å². The summed E-state index contributed by atoms with van der Waals surface area (Å²) in [4.78, 5) is 0. The summed E-state index contributed by atoms with van der Waals surface area (Å²) in [5.74, 6) is -0.209. The highest BCUT2D eigenvalue weighted by molar-refractivity contribution is 5.20. The second-order valence-corrected chi connectivity index (χ2v) is 3.06. The van der Waals surface area contributed by atoms with Gasteiger partial charge in [-0.25, -0.2) is 4.39 Å². The molecule has 1 unspecified atom stereocenters. The Labute approximate surface area is 84.1 Å². The minimum atomic E-state index is -0.209. The van der Waals surface area contributed by atoms with Crippen LogP contribution in [-0.2, 0) is 4.74 Å². The molecule has 1 N–H and O–H groups in total. The van der Waals surface area contributed by atoms with Gasteiger partial charge in [0, 0.05) is 6.61 Å². The molecule has 14 heavy (non-hydrogen) atoms. The molecule has 0 aromatic heterocycles. The Balaban J connectivity index is 2.68. The van der Waals surface area contributed by atoms with Crippen LogP contribution in [-0.4, -0.2) is 20.3 Å². The molecule has 0 aliphatic heterocycles. The average molecular weight is 197 g/mol. The fourth-order valence-electron chi connectivity index (χ4n) is 1.31. The van der Waals surface area contributed by atoms with E-state index in [-0.39, 0.29) is 11.9 Å². The summed E-state index contributed by atoms with van der Waals surface area (Å²) in [6.45, 7) is 3.18. The number of halogens is 1. The van der Waals surface area contributed by atoms with Gasteiger partial charge in [-0.1, -0.05) is 12.1 Å². The van der Waals surface area contributed by atoms with Crippen LogP contribution in [0.5, 0.6) is 0 Å². The third-order valence-electron chi connectivity index (χ3n) is 2.09. The van der Waals surface area contributed by atoms with E-state index in [9.17, 15) is 4.39 Å². The van der Waals surface area contributed by atoms with Gasteiger partial charge in [-0.2, -0.15) is 0 Å². The average Bonchev–Trinajstić information content (AvgIpc) is 2.19. The van der Waals surface area contributed by atoms with Gasteiger partial charge in [-0.15, -0.1) is 0 Å². The van der Waals surface area contributed by atoms with Crippen molar-refractivity contribution in [3.8, 4) is 0 Å². The Bertz CT molecular complexity index is 278. The highest BCUT2D eigenvalue weighted by atomic mass is 19.1. The van der Waals surface area contributed by atoms with E-state index >= 15 is 0 Å². The summed E-state index contributed by atoms with van der Waals surface area (Å²) >= 11 is 0. The van der Waals surface area contributed by atoms with Crippen molar-refractivity contribution in [3.05, 3.63) is 35.6 Å². The molecular weight excluding hydrogens is 181 g/mol. The van der Waals surface area contributed by atoms with Crippen LogP contribution in [0, 0.1) is 5.82 Å². The molecule has 0 spiro atoms. The van der Waals surface area contributed by atoms with Crippen molar-refractivity contribution in [2.75, 3.05) is 20.3 Å². The van der Waals surface area contributed by atoms with Crippen molar-refractivity contribution in [2.45, 2.75) is 13.0 Å². The number of hydrogen-bond acceptors (Lipinski definition) is 2. The minimum Gasteiger partial charge on any atom is -0.380 e. The van der Waals surface area contributed by atoms with Crippen molar-refractivity contribution in [2.24, 2.45) is 0 Å². The molecule has 0 saturated heterocycles.